The third-order valence-corrected chi connectivity index (χ3v) is 4.44. The number of sulfonamides is 1. The molecule has 1 fully saturated rings. The molecule has 0 atom stereocenters. The third kappa shape index (κ3) is 3.46. The first kappa shape index (κ1) is 14.3. The molecular weight excluding hydrogens is 264 g/mol. The van der Waals surface area contributed by atoms with Crippen LogP contribution in [0, 0.1) is 13.8 Å². The minimum Gasteiger partial charge on any atom is -0.382 e. The molecule has 3 N–H and O–H groups in total. The van der Waals surface area contributed by atoms with E-state index in [0.717, 1.165) is 42.9 Å². The van der Waals surface area contributed by atoms with Crippen molar-refractivity contribution >= 4 is 15.7 Å². The second-order valence-electron chi connectivity index (χ2n) is 4.99. The monoisotopic (exact) mass is 284 g/mol. The fourth-order valence-corrected chi connectivity index (χ4v) is 2.83. The lowest BCUT2D eigenvalue weighted by Crippen LogP contribution is -2.28. The first-order chi connectivity index (χ1) is 8.88. The highest BCUT2D eigenvalue weighted by molar-refractivity contribution is 7.89. The normalized spacial score (nSPS) is 17.4. The standard InChI is InChI=1S/C13H20N2O3S/c1-9-7-12(19(14,16)17)8-13(10(9)2)15-11-3-5-18-6-4-11/h7-8,11,15H,3-6H2,1-2H3,(H2,14,16,17). The molecular formula is C13H20N2O3S. The number of benzene rings is 1. The maximum Gasteiger partial charge on any atom is 0.238 e. The van der Waals surface area contributed by atoms with Crippen LogP contribution in [0.3, 0.4) is 0 Å². The molecule has 1 aliphatic rings. The zero-order chi connectivity index (χ0) is 14.0. The molecule has 0 saturated carbocycles. The van der Waals surface area contributed by atoms with Crippen LogP contribution in [-0.4, -0.2) is 27.7 Å². The highest BCUT2D eigenvalue weighted by Crippen LogP contribution is 2.25. The fraction of sp³-hybridized carbons (Fsp3) is 0.538. The summed E-state index contributed by atoms with van der Waals surface area (Å²) in [5.74, 6) is 0. The van der Waals surface area contributed by atoms with Crippen molar-refractivity contribution in [1.82, 2.24) is 0 Å². The molecule has 5 nitrogen and oxygen atoms in total. The summed E-state index contributed by atoms with van der Waals surface area (Å²) in [5, 5.41) is 8.60. The Morgan fingerprint density at radius 1 is 1.26 bits per heavy atom. The molecule has 0 spiro atoms. The van der Waals surface area contributed by atoms with Gasteiger partial charge < -0.3 is 10.1 Å². The average Bonchev–Trinajstić information content (AvgIpc) is 2.34. The second kappa shape index (κ2) is 5.48. The second-order valence-corrected chi connectivity index (χ2v) is 6.55. The van der Waals surface area contributed by atoms with Crippen molar-refractivity contribution in [2.75, 3.05) is 18.5 Å². The first-order valence-corrected chi connectivity index (χ1v) is 7.91. The number of ether oxygens (including phenoxy) is 1. The van der Waals surface area contributed by atoms with Gasteiger partial charge in [0.25, 0.3) is 0 Å². The summed E-state index contributed by atoms with van der Waals surface area (Å²) in [6, 6.07) is 3.55. The smallest absolute Gasteiger partial charge is 0.238 e. The maximum atomic E-state index is 11.5. The molecule has 0 amide bonds. The van der Waals surface area contributed by atoms with Gasteiger partial charge in [-0.15, -0.1) is 0 Å². The van der Waals surface area contributed by atoms with Gasteiger partial charge in [0.05, 0.1) is 4.90 Å². The van der Waals surface area contributed by atoms with E-state index in [9.17, 15) is 8.42 Å². The number of aryl methyl sites for hydroxylation is 1. The summed E-state index contributed by atoms with van der Waals surface area (Å²) in [5.41, 5.74) is 2.82. The highest BCUT2D eigenvalue weighted by Gasteiger charge is 2.17. The molecule has 1 aliphatic heterocycles. The third-order valence-electron chi connectivity index (χ3n) is 3.55. The summed E-state index contributed by atoms with van der Waals surface area (Å²) < 4.78 is 28.3. The Balaban J connectivity index is 2.30. The molecule has 0 aliphatic carbocycles. The van der Waals surface area contributed by atoms with Crippen LogP contribution in [0.2, 0.25) is 0 Å². The van der Waals surface area contributed by atoms with E-state index in [0.29, 0.717) is 6.04 Å². The van der Waals surface area contributed by atoms with Crippen molar-refractivity contribution in [3.05, 3.63) is 23.3 Å². The zero-order valence-corrected chi connectivity index (χ0v) is 12.1. The molecule has 106 valence electrons. The van der Waals surface area contributed by atoms with E-state index in [4.69, 9.17) is 9.88 Å². The molecule has 0 aromatic heterocycles. The van der Waals surface area contributed by atoms with Gasteiger partial charge in [0, 0.05) is 24.9 Å². The first-order valence-electron chi connectivity index (χ1n) is 6.36. The Morgan fingerprint density at radius 2 is 1.89 bits per heavy atom. The largest absolute Gasteiger partial charge is 0.382 e. The molecule has 19 heavy (non-hydrogen) atoms. The molecule has 0 radical (unpaired) electrons. The average molecular weight is 284 g/mol. The lowest BCUT2D eigenvalue weighted by molar-refractivity contribution is 0.0904. The Bertz CT molecular complexity index is 563. The predicted octanol–water partition coefficient (Wildman–Crippen LogP) is 1.54. The van der Waals surface area contributed by atoms with E-state index in [1.807, 2.05) is 13.8 Å². The molecule has 2 rings (SSSR count). The number of anilines is 1. The molecule has 1 aromatic carbocycles. The fourth-order valence-electron chi connectivity index (χ4n) is 2.20. The van der Waals surface area contributed by atoms with Crippen molar-refractivity contribution in [2.45, 2.75) is 37.6 Å². The molecule has 0 unspecified atom stereocenters. The number of nitrogens with two attached hydrogens (primary N) is 1. The van der Waals surface area contributed by atoms with E-state index < -0.39 is 10.0 Å². The summed E-state index contributed by atoms with van der Waals surface area (Å²) in [6.07, 6.45) is 1.86. The van der Waals surface area contributed by atoms with Crippen LogP contribution < -0.4 is 10.5 Å². The van der Waals surface area contributed by atoms with Crippen molar-refractivity contribution in [3.8, 4) is 0 Å². The number of primary sulfonamides is 1. The number of hydrogen-bond donors (Lipinski definition) is 2. The van der Waals surface area contributed by atoms with Crippen LogP contribution in [0.1, 0.15) is 24.0 Å². The van der Waals surface area contributed by atoms with Gasteiger partial charge >= 0.3 is 0 Å². The Morgan fingerprint density at radius 3 is 2.47 bits per heavy atom. The topological polar surface area (TPSA) is 81.4 Å². The van der Waals surface area contributed by atoms with Gasteiger partial charge in [-0.25, -0.2) is 13.6 Å². The molecule has 0 bridgehead atoms. The van der Waals surface area contributed by atoms with Crippen LogP contribution in [0.4, 0.5) is 5.69 Å². The van der Waals surface area contributed by atoms with Gasteiger partial charge in [-0.3, -0.25) is 0 Å². The van der Waals surface area contributed by atoms with Gasteiger partial charge in [-0.2, -0.15) is 0 Å². The van der Waals surface area contributed by atoms with Crippen molar-refractivity contribution in [1.29, 1.82) is 0 Å². The van der Waals surface area contributed by atoms with Gasteiger partial charge in [0.1, 0.15) is 0 Å². The highest BCUT2D eigenvalue weighted by atomic mass is 32.2. The quantitative estimate of drug-likeness (QED) is 0.882. The molecule has 1 saturated heterocycles. The van der Waals surface area contributed by atoms with Gasteiger partial charge in [0.15, 0.2) is 0 Å². The van der Waals surface area contributed by atoms with E-state index in [-0.39, 0.29) is 4.90 Å². The van der Waals surface area contributed by atoms with Gasteiger partial charge in [-0.05, 0) is 49.9 Å². The number of rotatable bonds is 3. The molecule has 1 aromatic rings. The Labute approximate surface area is 114 Å². The van der Waals surface area contributed by atoms with Crippen LogP contribution in [0.5, 0.6) is 0 Å². The lowest BCUT2D eigenvalue weighted by Gasteiger charge is -2.25. The van der Waals surface area contributed by atoms with E-state index in [2.05, 4.69) is 5.32 Å². The summed E-state index contributed by atoms with van der Waals surface area (Å²) in [4.78, 5) is 0.158. The maximum absolute atomic E-state index is 11.5. The summed E-state index contributed by atoms with van der Waals surface area (Å²) >= 11 is 0. The van der Waals surface area contributed by atoms with E-state index >= 15 is 0 Å². The SMILES string of the molecule is Cc1cc(S(N)(=O)=O)cc(NC2CCOCC2)c1C. The Hall–Kier alpha value is -1.11. The number of hydrogen-bond acceptors (Lipinski definition) is 4. The number of nitrogens with one attached hydrogen (secondary N) is 1. The van der Waals surface area contributed by atoms with Crippen LogP contribution >= 0.6 is 0 Å². The summed E-state index contributed by atoms with van der Waals surface area (Å²) in [7, 11) is -3.67. The summed E-state index contributed by atoms with van der Waals surface area (Å²) in [6.45, 7) is 5.35. The van der Waals surface area contributed by atoms with Crippen molar-refractivity contribution in [2.24, 2.45) is 5.14 Å². The zero-order valence-electron chi connectivity index (χ0n) is 11.3. The lowest BCUT2D eigenvalue weighted by atomic mass is 10.0. The van der Waals surface area contributed by atoms with E-state index in [1.54, 1.807) is 12.1 Å². The molecule has 1 heterocycles. The van der Waals surface area contributed by atoms with Gasteiger partial charge in [-0.1, -0.05) is 0 Å². The van der Waals surface area contributed by atoms with Gasteiger partial charge in [0.2, 0.25) is 10.0 Å². The molecule has 6 heteroatoms. The van der Waals surface area contributed by atoms with Crippen LogP contribution in [0.15, 0.2) is 17.0 Å². The van der Waals surface area contributed by atoms with Crippen molar-refractivity contribution in [3.63, 3.8) is 0 Å². The van der Waals surface area contributed by atoms with Crippen molar-refractivity contribution < 1.29 is 13.2 Å². The minimum absolute atomic E-state index is 0.158. The van der Waals surface area contributed by atoms with Crippen LogP contribution in [0.25, 0.3) is 0 Å². The van der Waals surface area contributed by atoms with Crippen LogP contribution in [-0.2, 0) is 14.8 Å². The van der Waals surface area contributed by atoms with E-state index in [1.165, 1.54) is 0 Å². The predicted molar refractivity (Wildman–Crippen MR) is 74.8 cm³/mol. The minimum atomic E-state index is -3.67. The Kier molecular flexibility index (Phi) is 4.13.